The molecular weight excluding hydrogens is 276 g/mol. The summed E-state index contributed by atoms with van der Waals surface area (Å²) in [7, 11) is 2.31. The van der Waals surface area contributed by atoms with Crippen LogP contribution in [0.25, 0.3) is 0 Å². The molecule has 3 heteroatoms. The van der Waals surface area contributed by atoms with E-state index in [9.17, 15) is 0 Å². The highest BCUT2D eigenvalue weighted by atomic mass is 32.2. The second kappa shape index (κ2) is 7.66. The maximum absolute atomic E-state index is 2.61. The summed E-state index contributed by atoms with van der Waals surface area (Å²) in [5.41, 5.74) is 3.07. The summed E-state index contributed by atoms with van der Waals surface area (Å²) in [6.45, 7) is 4.82. The summed E-state index contributed by atoms with van der Waals surface area (Å²) in [4.78, 5) is 5.19. The first-order valence-corrected chi connectivity index (χ1v) is 9.55. The Labute approximate surface area is 133 Å². The fraction of sp³-hybridized carbons (Fsp3) is 0.667. The third-order valence-electron chi connectivity index (χ3n) is 4.94. The summed E-state index contributed by atoms with van der Waals surface area (Å²) in [5, 5.41) is 0. The van der Waals surface area contributed by atoms with Gasteiger partial charge in [0, 0.05) is 19.1 Å². The molecule has 0 saturated carbocycles. The van der Waals surface area contributed by atoms with Crippen molar-refractivity contribution in [3.05, 3.63) is 35.4 Å². The number of rotatable bonds is 5. The van der Waals surface area contributed by atoms with E-state index in [1.54, 1.807) is 0 Å². The van der Waals surface area contributed by atoms with Crippen LogP contribution in [-0.4, -0.2) is 47.5 Å². The van der Waals surface area contributed by atoms with Crippen LogP contribution in [0, 0.1) is 0 Å². The van der Waals surface area contributed by atoms with Crippen molar-refractivity contribution in [2.24, 2.45) is 0 Å². The predicted octanol–water partition coefficient (Wildman–Crippen LogP) is 3.61. The molecule has 0 radical (unpaired) electrons. The summed E-state index contributed by atoms with van der Waals surface area (Å²) >= 11 is 2.11. The lowest BCUT2D eigenvalue weighted by Gasteiger charge is -2.31. The molecule has 0 amide bonds. The normalized spacial score (nSPS) is 21.2. The highest BCUT2D eigenvalue weighted by molar-refractivity contribution is 7.99. The van der Waals surface area contributed by atoms with E-state index < -0.39 is 0 Å². The summed E-state index contributed by atoms with van der Waals surface area (Å²) in [6, 6.07) is 9.85. The maximum Gasteiger partial charge on any atom is 0.0236 e. The number of nitrogens with zero attached hydrogens (tertiary/aromatic N) is 2. The van der Waals surface area contributed by atoms with Crippen LogP contribution in [0.1, 0.15) is 36.8 Å². The van der Waals surface area contributed by atoms with E-state index in [4.69, 9.17) is 0 Å². The average molecular weight is 305 g/mol. The van der Waals surface area contributed by atoms with E-state index in [1.807, 2.05) is 0 Å². The molecule has 21 heavy (non-hydrogen) atoms. The SMILES string of the molecule is CN(Cc1ccccc1CN1CCCC1)C1CCSCC1. The van der Waals surface area contributed by atoms with Gasteiger partial charge in [-0.2, -0.15) is 11.8 Å². The van der Waals surface area contributed by atoms with Crippen LogP contribution in [-0.2, 0) is 13.1 Å². The Morgan fingerprint density at radius 3 is 2.48 bits per heavy atom. The Morgan fingerprint density at radius 2 is 1.76 bits per heavy atom. The largest absolute Gasteiger partial charge is 0.299 e. The third kappa shape index (κ3) is 4.24. The van der Waals surface area contributed by atoms with Gasteiger partial charge in [-0.25, -0.2) is 0 Å². The third-order valence-corrected chi connectivity index (χ3v) is 5.99. The van der Waals surface area contributed by atoms with Gasteiger partial charge in [-0.1, -0.05) is 24.3 Å². The number of hydrogen-bond donors (Lipinski definition) is 0. The van der Waals surface area contributed by atoms with Crippen molar-refractivity contribution in [1.82, 2.24) is 9.80 Å². The zero-order chi connectivity index (χ0) is 14.5. The maximum atomic E-state index is 2.61. The second-order valence-corrected chi connectivity index (χ2v) is 7.74. The van der Waals surface area contributed by atoms with Crippen molar-refractivity contribution in [2.45, 2.75) is 44.8 Å². The summed E-state index contributed by atoms with van der Waals surface area (Å²) in [5.74, 6) is 2.68. The van der Waals surface area contributed by atoms with Gasteiger partial charge >= 0.3 is 0 Å². The van der Waals surface area contributed by atoms with Crippen molar-refractivity contribution in [1.29, 1.82) is 0 Å². The number of thioether (sulfide) groups is 1. The molecule has 2 fully saturated rings. The Morgan fingerprint density at radius 1 is 1.10 bits per heavy atom. The first-order valence-electron chi connectivity index (χ1n) is 8.40. The van der Waals surface area contributed by atoms with Crippen molar-refractivity contribution >= 4 is 11.8 Å². The van der Waals surface area contributed by atoms with Crippen LogP contribution in [0.3, 0.4) is 0 Å². The molecule has 2 saturated heterocycles. The molecule has 0 atom stereocenters. The van der Waals surface area contributed by atoms with Gasteiger partial charge in [-0.15, -0.1) is 0 Å². The molecule has 0 aromatic heterocycles. The van der Waals surface area contributed by atoms with Crippen molar-refractivity contribution in [3.8, 4) is 0 Å². The quantitative estimate of drug-likeness (QED) is 0.820. The lowest BCUT2D eigenvalue weighted by Crippen LogP contribution is -2.34. The number of likely N-dealkylation sites (tertiary alicyclic amines) is 1. The molecule has 1 aromatic rings. The smallest absolute Gasteiger partial charge is 0.0236 e. The molecule has 0 unspecified atom stereocenters. The number of benzene rings is 1. The van der Waals surface area contributed by atoms with E-state index in [1.165, 1.54) is 61.4 Å². The highest BCUT2D eigenvalue weighted by Gasteiger charge is 2.19. The Hall–Kier alpha value is -0.510. The monoisotopic (exact) mass is 304 g/mol. The molecule has 0 aliphatic carbocycles. The van der Waals surface area contributed by atoms with Crippen LogP contribution in [0.5, 0.6) is 0 Å². The average Bonchev–Trinajstić information content (AvgIpc) is 3.03. The standard InChI is InChI=1S/C18H28N2S/c1-19(18-8-12-21-13-9-18)14-16-6-2-3-7-17(16)15-20-10-4-5-11-20/h2-3,6-7,18H,4-5,8-15H2,1H3. The zero-order valence-electron chi connectivity index (χ0n) is 13.3. The lowest BCUT2D eigenvalue weighted by molar-refractivity contribution is 0.219. The minimum absolute atomic E-state index is 0.783. The molecule has 2 heterocycles. The Bertz CT molecular complexity index is 437. The molecule has 1 aromatic carbocycles. The van der Waals surface area contributed by atoms with Crippen LogP contribution >= 0.6 is 11.8 Å². The molecule has 2 aliphatic heterocycles. The van der Waals surface area contributed by atoms with E-state index in [0.29, 0.717) is 0 Å². The van der Waals surface area contributed by atoms with Crippen molar-refractivity contribution in [3.63, 3.8) is 0 Å². The van der Waals surface area contributed by atoms with Gasteiger partial charge in [0.1, 0.15) is 0 Å². The minimum Gasteiger partial charge on any atom is -0.299 e. The topological polar surface area (TPSA) is 6.48 Å². The van der Waals surface area contributed by atoms with E-state index in [2.05, 4.69) is 52.9 Å². The zero-order valence-corrected chi connectivity index (χ0v) is 14.1. The molecule has 2 aliphatic rings. The first-order chi connectivity index (χ1) is 10.3. The summed E-state index contributed by atoms with van der Waals surface area (Å²) < 4.78 is 0. The van der Waals surface area contributed by atoms with Gasteiger partial charge in [-0.3, -0.25) is 9.80 Å². The van der Waals surface area contributed by atoms with Gasteiger partial charge in [-0.05, 0) is 68.5 Å². The van der Waals surface area contributed by atoms with Crippen LogP contribution in [0.2, 0.25) is 0 Å². The molecular formula is C18H28N2S. The molecule has 0 spiro atoms. The highest BCUT2D eigenvalue weighted by Crippen LogP contribution is 2.23. The van der Waals surface area contributed by atoms with Gasteiger partial charge in [0.25, 0.3) is 0 Å². The molecule has 2 nitrogen and oxygen atoms in total. The second-order valence-electron chi connectivity index (χ2n) is 6.51. The van der Waals surface area contributed by atoms with Gasteiger partial charge < -0.3 is 0 Å². The van der Waals surface area contributed by atoms with Crippen LogP contribution in [0.4, 0.5) is 0 Å². The Kier molecular flexibility index (Phi) is 5.61. The van der Waals surface area contributed by atoms with Crippen molar-refractivity contribution in [2.75, 3.05) is 31.6 Å². The molecule has 0 N–H and O–H groups in total. The molecule has 116 valence electrons. The van der Waals surface area contributed by atoms with Crippen LogP contribution < -0.4 is 0 Å². The minimum atomic E-state index is 0.783. The van der Waals surface area contributed by atoms with Crippen molar-refractivity contribution < 1.29 is 0 Å². The summed E-state index contributed by atoms with van der Waals surface area (Å²) in [6.07, 6.45) is 5.47. The van der Waals surface area contributed by atoms with E-state index >= 15 is 0 Å². The van der Waals surface area contributed by atoms with Gasteiger partial charge in [0.05, 0.1) is 0 Å². The lowest BCUT2D eigenvalue weighted by atomic mass is 10.0. The predicted molar refractivity (Wildman–Crippen MR) is 92.8 cm³/mol. The van der Waals surface area contributed by atoms with E-state index in [0.717, 1.165) is 19.1 Å². The number of hydrogen-bond acceptors (Lipinski definition) is 3. The van der Waals surface area contributed by atoms with Gasteiger partial charge in [0.15, 0.2) is 0 Å². The molecule has 3 rings (SSSR count). The van der Waals surface area contributed by atoms with Crippen LogP contribution in [0.15, 0.2) is 24.3 Å². The first kappa shape index (κ1) is 15.4. The Balaban J connectivity index is 1.63. The van der Waals surface area contributed by atoms with E-state index in [-0.39, 0.29) is 0 Å². The van der Waals surface area contributed by atoms with Gasteiger partial charge in [0.2, 0.25) is 0 Å². The fourth-order valence-corrected chi connectivity index (χ4v) is 4.65. The fourth-order valence-electron chi connectivity index (χ4n) is 3.57. The molecule has 0 bridgehead atoms.